The standard InChI is InChI=1S/C18H16ClN5O/c1-11-6-7-12(10-13(11)19)22-17-16-14(4-2-5-15(16)25)24(23-17)18-20-8-3-9-21-18/h3,6-10H,2,4-5H2,1H3,(H,22,23). The van der Waals surface area contributed by atoms with Crippen molar-refractivity contribution in [2.45, 2.75) is 26.2 Å². The van der Waals surface area contributed by atoms with Crippen LogP contribution in [0.25, 0.3) is 5.95 Å². The molecule has 0 bridgehead atoms. The molecule has 0 saturated heterocycles. The molecular formula is C18H16ClN5O. The Labute approximate surface area is 149 Å². The first-order valence-corrected chi connectivity index (χ1v) is 8.47. The lowest BCUT2D eigenvalue weighted by Crippen LogP contribution is -2.14. The summed E-state index contributed by atoms with van der Waals surface area (Å²) in [6.45, 7) is 1.94. The van der Waals surface area contributed by atoms with Crippen LogP contribution in [0, 0.1) is 6.92 Å². The highest BCUT2D eigenvalue weighted by atomic mass is 35.5. The Morgan fingerprint density at radius 3 is 2.76 bits per heavy atom. The van der Waals surface area contributed by atoms with Crippen molar-refractivity contribution in [2.75, 3.05) is 5.32 Å². The van der Waals surface area contributed by atoms with E-state index < -0.39 is 0 Å². The molecule has 2 heterocycles. The minimum Gasteiger partial charge on any atom is -0.338 e. The Bertz CT molecular complexity index is 952. The Morgan fingerprint density at radius 1 is 1.20 bits per heavy atom. The van der Waals surface area contributed by atoms with Gasteiger partial charge in [0.05, 0.1) is 11.3 Å². The van der Waals surface area contributed by atoms with Crippen molar-refractivity contribution in [2.24, 2.45) is 0 Å². The number of nitrogens with zero attached hydrogens (tertiary/aromatic N) is 4. The number of nitrogens with one attached hydrogen (secondary N) is 1. The fourth-order valence-corrected chi connectivity index (χ4v) is 3.16. The van der Waals surface area contributed by atoms with E-state index in [1.54, 1.807) is 23.1 Å². The maximum absolute atomic E-state index is 12.5. The van der Waals surface area contributed by atoms with Gasteiger partial charge in [-0.3, -0.25) is 4.79 Å². The van der Waals surface area contributed by atoms with E-state index in [1.807, 2.05) is 25.1 Å². The Kier molecular flexibility index (Phi) is 3.97. The third kappa shape index (κ3) is 2.89. The van der Waals surface area contributed by atoms with Crippen molar-refractivity contribution in [3.05, 3.63) is 58.5 Å². The van der Waals surface area contributed by atoms with E-state index >= 15 is 0 Å². The number of anilines is 2. The van der Waals surface area contributed by atoms with Gasteiger partial charge in [-0.15, -0.1) is 5.10 Å². The molecule has 1 aliphatic carbocycles. The second kappa shape index (κ2) is 6.29. The molecule has 0 spiro atoms. The van der Waals surface area contributed by atoms with Crippen LogP contribution in [-0.2, 0) is 6.42 Å². The summed E-state index contributed by atoms with van der Waals surface area (Å²) in [6, 6.07) is 7.42. The Hall–Kier alpha value is -2.73. The van der Waals surface area contributed by atoms with E-state index in [0.717, 1.165) is 29.8 Å². The van der Waals surface area contributed by atoms with Crippen molar-refractivity contribution >= 4 is 28.9 Å². The number of aryl methyl sites for hydroxylation is 1. The Balaban J connectivity index is 1.81. The molecule has 0 radical (unpaired) electrons. The van der Waals surface area contributed by atoms with Crippen LogP contribution in [0.3, 0.4) is 0 Å². The number of aromatic nitrogens is 4. The zero-order chi connectivity index (χ0) is 17.4. The van der Waals surface area contributed by atoms with Gasteiger partial charge in [0.2, 0.25) is 0 Å². The van der Waals surface area contributed by atoms with Gasteiger partial charge in [-0.05, 0) is 43.5 Å². The SMILES string of the molecule is Cc1ccc(Nc2nn(-c3ncccn3)c3c2C(=O)CCC3)cc1Cl. The molecule has 0 saturated carbocycles. The lowest BCUT2D eigenvalue weighted by Gasteiger charge is -2.13. The number of Topliss-reactive ketones (excluding diaryl/α,β-unsaturated/α-hetero) is 1. The minimum absolute atomic E-state index is 0.0872. The minimum atomic E-state index is 0.0872. The van der Waals surface area contributed by atoms with E-state index in [1.165, 1.54) is 0 Å². The molecule has 0 fully saturated rings. The second-order valence-electron chi connectivity index (χ2n) is 6.00. The van der Waals surface area contributed by atoms with Gasteiger partial charge in [0.15, 0.2) is 11.6 Å². The van der Waals surface area contributed by atoms with Crippen LogP contribution < -0.4 is 5.32 Å². The van der Waals surface area contributed by atoms with Gasteiger partial charge in [0.1, 0.15) is 0 Å². The second-order valence-corrected chi connectivity index (χ2v) is 6.40. The molecule has 3 aromatic rings. The predicted molar refractivity (Wildman–Crippen MR) is 95.9 cm³/mol. The molecule has 1 N–H and O–H groups in total. The van der Waals surface area contributed by atoms with Crippen LogP contribution >= 0.6 is 11.6 Å². The number of carbonyl (C=O) groups excluding carboxylic acids is 1. The lowest BCUT2D eigenvalue weighted by molar-refractivity contribution is 0.0973. The molecule has 2 aromatic heterocycles. The van der Waals surface area contributed by atoms with Crippen molar-refractivity contribution < 1.29 is 4.79 Å². The van der Waals surface area contributed by atoms with E-state index in [-0.39, 0.29) is 5.78 Å². The predicted octanol–water partition coefficient (Wildman–Crippen LogP) is 3.89. The number of fused-ring (bicyclic) bond motifs is 1. The normalized spacial score (nSPS) is 13.6. The molecule has 7 heteroatoms. The van der Waals surface area contributed by atoms with Crippen molar-refractivity contribution in [3.63, 3.8) is 0 Å². The molecule has 0 aliphatic heterocycles. The molecule has 0 amide bonds. The Morgan fingerprint density at radius 2 is 2.00 bits per heavy atom. The van der Waals surface area contributed by atoms with Crippen LogP contribution in [0.2, 0.25) is 5.02 Å². The van der Waals surface area contributed by atoms with Gasteiger partial charge < -0.3 is 5.32 Å². The van der Waals surface area contributed by atoms with Crippen molar-refractivity contribution in [3.8, 4) is 5.95 Å². The van der Waals surface area contributed by atoms with E-state index in [2.05, 4.69) is 20.4 Å². The summed E-state index contributed by atoms with van der Waals surface area (Å²) in [4.78, 5) is 21.0. The number of benzene rings is 1. The molecule has 1 aromatic carbocycles. The number of hydrogen-bond donors (Lipinski definition) is 1. The summed E-state index contributed by atoms with van der Waals surface area (Å²) in [5, 5.41) is 8.47. The average Bonchev–Trinajstić information content (AvgIpc) is 2.99. The third-order valence-electron chi connectivity index (χ3n) is 4.25. The number of halogens is 1. The van der Waals surface area contributed by atoms with Crippen LogP contribution in [0.1, 0.15) is 34.5 Å². The van der Waals surface area contributed by atoms with Gasteiger partial charge in [-0.25, -0.2) is 14.6 Å². The molecule has 0 unspecified atom stereocenters. The first-order chi connectivity index (χ1) is 12.1. The highest BCUT2D eigenvalue weighted by Crippen LogP contribution is 2.31. The number of carbonyl (C=O) groups is 1. The van der Waals surface area contributed by atoms with Gasteiger partial charge in [0.25, 0.3) is 5.95 Å². The van der Waals surface area contributed by atoms with Gasteiger partial charge in [-0.1, -0.05) is 17.7 Å². The zero-order valence-electron chi connectivity index (χ0n) is 13.7. The highest BCUT2D eigenvalue weighted by molar-refractivity contribution is 6.31. The van der Waals surface area contributed by atoms with Gasteiger partial charge in [0, 0.05) is 29.5 Å². The first-order valence-electron chi connectivity index (χ1n) is 8.09. The quantitative estimate of drug-likeness (QED) is 0.773. The van der Waals surface area contributed by atoms with E-state index in [4.69, 9.17) is 11.6 Å². The van der Waals surface area contributed by atoms with Crippen LogP contribution in [-0.4, -0.2) is 25.5 Å². The molecule has 1 aliphatic rings. The summed E-state index contributed by atoms with van der Waals surface area (Å²) in [7, 11) is 0. The summed E-state index contributed by atoms with van der Waals surface area (Å²) in [5.74, 6) is 1.07. The van der Waals surface area contributed by atoms with Crippen molar-refractivity contribution in [1.29, 1.82) is 0 Å². The van der Waals surface area contributed by atoms with Crippen molar-refractivity contribution in [1.82, 2.24) is 19.7 Å². The number of hydrogen-bond acceptors (Lipinski definition) is 5. The monoisotopic (exact) mass is 353 g/mol. The smallest absolute Gasteiger partial charge is 0.250 e. The maximum Gasteiger partial charge on any atom is 0.250 e. The number of ketones is 1. The molecule has 126 valence electrons. The van der Waals surface area contributed by atoms with Crippen LogP contribution in [0.5, 0.6) is 0 Å². The van der Waals surface area contributed by atoms with E-state index in [0.29, 0.717) is 28.8 Å². The maximum atomic E-state index is 12.5. The third-order valence-corrected chi connectivity index (χ3v) is 4.66. The van der Waals surface area contributed by atoms with Gasteiger partial charge in [-0.2, -0.15) is 0 Å². The fourth-order valence-electron chi connectivity index (χ4n) is 2.98. The summed E-state index contributed by atoms with van der Waals surface area (Å²) < 4.78 is 1.66. The summed E-state index contributed by atoms with van der Waals surface area (Å²) in [6.07, 6.45) is 5.42. The topological polar surface area (TPSA) is 72.7 Å². The molecule has 6 nitrogen and oxygen atoms in total. The average molecular weight is 354 g/mol. The zero-order valence-corrected chi connectivity index (χ0v) is 14.4. The molecule has 4 rings (SSSR count). The van der Waals surface area contributed by atoms with Crippen LogP contribution in [0.15, 0.2) is 36.7 Å². The summed E-state index contributed by atoms with van der Waals surface area (Å²) in [5.41, 5.74) is 3.25. The molecule has 0 atom stereocenters. The lowest BCUT2D eigenvalue weighted by atomic mass is 9.96. The van der Waals surface area contributed by atoms with Gasteiger partial charge >= 0.3 is 0 Å². The number of rotatable bonds is 3. The van der Waals surface area contributed by atoms with E-state index in [9.17, 15) is 4.79 Å². The largest absolute Gasteiger partial charge is 0.338 e. The highest BCUT2D eigenvalue weighted by Gasteiger charge is 2.28. The molecule has 25 heavy (non-hydrogen) atoms. The summed E-state index contributed by atoms with van der Waals surface area (Å²) >= 11 is 6.20. The molecular weight excluding hydrogens is 338 g/mol. The first kappa shape index (κ1) is 15.8. The fraction of sp³-hybridized carbons (Fsp3) is 0.222. The van der Waals surface area contributed by atoms with Crippen LogP contribution in [0.4, 0.5) is 11.5 Å².